The number of nitrogens with zero attached hydrogens (tertiary/aromatic N) is 3. The zero-order valence-electron chi connectivity index (χ0n) is 17.4. The van der Waals surface area contributed by atoms with Crippen LogP contribution in [0.5, 0.6) is 0 Å². The van der Waals surface area contributed by atoms with Gasteiger partial charge in [-0.3, -0.25) is 9.80 Å². The van der Waals surface area contributed by atoms with Gasteiger partial charge in [-0.05, 0) is 44.0 Å². The van der Waals surface area contributed by atoms with Crippen molar-refractivity contribution in [2.75, 3.05) is 50.7 Å². The molecular weight excluding hydrogens is 361 g/mol. The third-order valence-electron chi connectivity index (χ3n) is 6.19. The van der Waals surface area contributed by atoms with Crippen LogP contribution in [0.4, 0.5) is 10.1 Å². The summed E-state index contributed by atoms with van der Waals surface area (Å²) in [5, 5.41) is 0. The zero-order valence-corrected chi connectivity index (χ0v) is 17.4. The second kappa shape index (κ2) is 9.55. The van der Waals surface area contributed by atoms with Crippen molar-refractivity contribution < 1.29 is 4.39 Å². The van der Waals surface area contributed by atoms with Crippen LogP contribution < -0.4 is 4.90 Å². The zero-order chi connectivity index (χ0) is 20.1. The van der Waals surface area contributed by atoms with E-state index in [1.165, 1.54) is 30.5 Å². The number of likely N-dealkylation sites (tertiary alicyclic amines) is 1. The molecule has 154 valence electrons. The normalized spacial score (nSPS) is 22.1. The van der Waals surface area contributed by atoms with Gasteiger partial charge in [0.25, 0.3) is 0 Å². The van der Waals surface area contributed by atoms with Crippen molar-refractivity contribution in [1.29, 1.82) is 0 Å². The Kier molecular flexibility index (Phi) is 6.63. The van der Waals surface area contributed by atoms with Crippen molar-refractivity contribution >= 4 is 11.8 Å². The number of hydrogen-bond donors (Lipinski definition) is 0. The van der Waals surface area contributed by atoms with Crippen LogP contribution in [0.25, 0.3) is 6.08 Å². The Hall–Kier alpha value is -2.17. The van der Waals surface area contributed by atoms with Crippen LogP contribution in [0.15, 0.2) is 60.2 Å². The second-order valence-electron chi connectivity index (χ2n) is 8.41. The highest BCUT2D eigenvalue weighted by Gasteiger charge is 2.28. The van der Waals surface area contributed by atoms with Crippen molar-refractivity contribution in [2.45, 2.75) is 25.8 Å². The van der Waals surface area contributed by atoms with E-state index in [1.807, 2.05) is 12.1 Å². The summed E-state index contributed by atoms with van der Waals surface area (Å²) in [5.41, 5.74) is 3.45. The van der Waals surface area contributed by atoms with Crippen molar-refractivity contribution in [1.82, 2.24) is 9.80 Å². The Morgan fingerprint density at radius 1 is 0.966 bits per heavy atom. The van der Waals surface area contributed by atoms with E-state index >= 15 is 0 Å². The van der Waals surface area contributed by atoms with Gasteiger partial charge in [0.15, 0.2) is 0 Å². The molecule has 4 heteroatoms. The number of halogens is 1. The van der Waals surface area contributed by atoms with Gasteiger partial charge in [0.1, 0.15) is 5.82 Å². The van der Waals surface area contributed by atoms with Crippen molar-refractivity contribution in [3.8, 4) is 0 Å². The Morgan fingerprint density at radius 3 is 2.45 bits per heavy atom. The Morgan fingerprint density at radius 2 is 1.69 bits per heavy atom. The largest absolute Gasteiger partial charge is 0.367 e. The van der Waals surface area contributed by atoms with Gasteiger partial charge in [-0.1, -0.05) is 54.1 Å². The first kappa shape index (κ1) is 20.1. The molecule has 0 N–H and O–H groups in total. The van der Waals surface area contributed by atoms with Gasteiger partial charge in [-0.25, -0.2) is 4.39 Å². The van der Waals surface area contributed by atoms with Gasteiger partial charge < -0.3 is 4.90 Å². The Labute approximate surface area is 174 Å². The molecule has 0 saturated carbocycles. The number of piperazine rings is 1. The van der Waals surface area contributed by atoms with Gasteiger partial charge in [0.05, 0.1) is 5.69 Å². The van der Waals surface area contributed by atoms with E-state index in [-0.39, 0.29) is 5.82 Å². The van der Waals surface area contributed by atoms with Crippen LogP contribution in [-0.2, 0) is 0 Å². The fourth-order valence-electron chi connectivity index (χ4n) is 4.74. The number of anilines is 1. The lowest BCUT2D eigenvalue weighted by molar-refractivity contribution is 0.0977. The number of hydrogen-bond acceptors (Lipinski definition) is 3. The lowest BCUT2D eigenvalue weighted by Crippen LogP contribution is -2.55. The highest BCUT2D eigenvalue weighted by molar-refractivity contribution is 5.52. The first-order chi connectivity index (χ1) is 14.2. The summed E-state index contributed by atoms with van der Waals surface area (Å²) in [6.07, 6.45) is 4.84. The molecule has 0 bridgehead atoms. The molecule has 2 fully saturated rings. The third kappa shape index (κ3) is 5.26. The highest BCUT2D eigenvalue weighted by Crippen LogP contribution is 2.23. The fourth-order valence-corrected chi connectivity index (χ4v) is 4.74. The number of benzene rings is 2. The minimum atomic E-state index is -0.106. The molecule has 2 aromatic carbocycles. The molecule has 2 aromatic rings. The first-order valence-corrected chi connectivity index (χ1v) is 10.9. The molecule has 2 aliphatic heterocycles. The maximum absolute atomic E-state index is 14.1. The van der Waals surface area contributed by atoms with E-state index < -0.39 is 0 Å². The van der Waals surface area contributed by atoms with Crippen LogP contribution >= 0.6 is 0 Å². The average molecular weight is 394 g/mol. The topological polar surface area (TPSA) is 9.72 Å². The second-order valence-corrected chi connectivity index (χ2v) is 8.41. The average Bonchev–Trinajstić information content (AvgIpc) is 2.75. The van der Waals surface area contributed by atoms with Gasteiger partial charge in [0.2, 0.25) is 0 Å². The molecule has 29 heavy (non-hydrogen) atoms. The summed E-state index contributed by atoms with van der Waals surface area (Å²) in [6.45, 7) is 9.46. The molecule has 2 saturated heterocycles. The molecule has 0 aromatic heterocycles. The lowest BCUT2D eigenvalue weighted by atomic mass is 10.0. The SMILES string of the molecule is CC(=Cc1ccccc1)CN1CCCC(N2CCN(c3ccccc3F)CC2)C1. The van der Waals surface area contributed by atoms with Crippen LogP contribution in [-0.4, -0.2) is 61.7 Å². The Bertz CT molecular complexity index is 812. The van der Waals surface area contributed by atoms with Crippen LogP contribution in [0.3, 0.4) is 0 Å². The number of para-hydroxylation sites is 1. The third-order valence-corrected chi connectivity index (χ3v) is 6.19. The Balaban J connectivity index is 1.30. The van der Waals surface area contributed by atoms with E-state index in [2.05, 4.69) is 58.0 Å². The van der Waals surface area contributed by atoms with Gasteiger partial charge >= 0.3 is 0 Å². The molecular formula is C25H32FN3. The summed E-state index contributed by atoms with van der Waals surface area (Å²) in [7, 11) is 0. The van der Waals surface area contributed by atoms with Crippen molar-refractivity contribution in [3.05, 3.63) is 71.6 Å². The molecule has 0 spiro atoms. The standard InChI is InChI=1S/C25H32FN3/c1-21(18-22-8-3-2-4-9-22)19-27-13-7-10-23(20-27)28-14-16-29(17-15-28)25-12-6-5-11-24(25)26/h2-6,8-9,11-12,18,23H,7,10,13-17,19-20H2,1H3. The van der Waals surface area contributed by atoms with Crippen molar-refractivity contribution in [3.63, 3.8) is 0 Å². The molecule has 2 aliphatic rings. The van der Waals surface area contributed by atoms with Gasteiger partial charge in [-0.15, -0.1) is 0 Å². The van der Waals surface area contributed by atoms with E-state index in [4.69, 9.17) is 0 Å². The lowest BCUT2D eigenvalue weighted by Gasteiger charge is -2.44. The number of rotatable bonds is 5. The van der Waals surface area contributed by atoms with Crippen LogP contribution in [0, 0.1) is 5.82 Å². The molecule has 1 unspecified atom stereocenters. The molecule has 4 rings (SSSR count). The summed E-state index contributed by atoms with van der Waals surface area (Å²) in [4.78, 5) is 7.42. The first-order valence-electron chi connectivity index (χ1n) is 10.9. The maximum atomic E-state index is 14.1. The number of piperidine rings is 1. The highest BCUT2D eigenvalue weighted by atomic mass is 19.1. The quantitative estimate of drug-likeness (QED) is 0.740. The minimum Gasteiger partial charge on any atom is -0.367 e. The van der Waals surface area contributed by atoms with Crippen LogP contribution in [0.1, 0.15) is 25.3 Å². The smallest absolute Gasteiger partial charge is 0.146 e. The summed E-state index contributed by atoms with van der Waals surface area (Å²) >= 11 is 0. The molecule has 1 atom stereocenters. The molecule has 0 radical (unpaired) electrons. The van der Waals surface area contributed by atoms with Gasteiger partial charge in [-0.2, -0.15) is 0 Å². The summed E-state index contributed by atoms with van der Waals surface area (Å²) in [5.74, 6) is -0.106. The predicted octanol–water partition coefficient (Wildman–Crippen LogP) is 4.52. The molecule has 0 aliphatic carbocycles. The minimum absolute atomic E-state index is 0.106. The van der Waals surface area contributed by atoms with Crippen LogP contribution in [0.2, 0.25) is 0 Å². The molecule has 2 heterocycles. The molecule has 3 nitrogen and oxygen atoms in total. The monoisotopic (exact) mass is 393 g/mol. The predicted molar refractivity (Wildman–Crippen MR) is 120 cm³/mol. The maximum Gasteiger partial charge on any atom is 0.146 e. The van der Waals surface area contributed by atoms with E-state index in [1.54, 1.807) is 12.1 Å². The summed E-state index contributed by atoms with van der Waals surface area (Å²) in [6, 6.07) is 18.4. The summed E-state index contributed by atoms with van der Waals surface area (Å²) < 4.78 is 14.1. The fraction of sp³-hybridized carbons (Fsp3) is 0.440. The van der Waals surface area contributed by atoms with E-state index in [0.29, 0.717) is 6.04 Å². The van der Waals surface area contributed by atoms with Crippen molar-refractivity contribution in [2.24, 2.45) is 0 Å². The van der Waals surface area contributed by atoms with E-state index in [0.717, 1.165) is 45.0 Å². The van der Waals surface area contributed by atoms with E-state index in [9.17, 15) is 4.39 Å². The molecule has 0 amide bonds. The van der Waals surface area contributed by atoms with Gasteiger partial charge in [0, 0.05) is 45.3 Å².